The van der Waals surface area contributed by atoms with Crippen molar-refractivity contribution in [2.45, 2.75) is 25.2 Å². The largest absolute Gasteiger partial charge is 0.495 e. The van der Waals surface area contributed by atoms with Crippen molar-refractivity contribution in [2.24, 2.45) is 0 Å². The van der Waals surface area contributed by atoms with Gasteiger partial charge in [-0.05, 0) is 36.2 Å². The monoisotopic (exact) mass is 357 g/mol. The van der Waals surface area contributed by atoms with E-state index in [2.05, 4.69) is 30.3 Å². The molecule has 1 aliphatic heterocycles. The second-order valence-corrected chi connectivity index (χ2v) is 7.01. The van der Waals surface area contributed by atoms with Gasteiger partial charge in [-0.2, -0.15) is 0 Å². The Morgan fingerprint density at radius 2 is 1.89 bits per heavy atom. The van der Waals surface area contributed by atoms with Crippen molar-refractivity contribution >= 4 is 29.6 Å². The molecule has 1 saturated heterocycles. The smallest absolute Gasteiger partial charge is 0.398 e. The Labute approximate surface area is 158 Å². The number of aromatic nitrogens is 1. The quantitative estimate of drug-likeness (QED) is 0.669. The van der Waals surface area contributed by atoms with E-state index in [1.807, 2.05) is 43.3 Å². The molecule has 0 saturated carbocycles. The first-order valence-corrected chi connectivity index (χ1v) is 9.25. The third-order valence-corrected chi connectivity index (χ3v) is 5.43. The van der Waals surface area contributed by atoms with Crippen molar-refractivity contribution < 1.29 is 14.0 Å². The standard InChI is InChI=1S/C22H20BNO3/c1-14(25-2)16-8-4-5-9-18(16)23-26-21-12-11-20-17(22(21)27-23)13-15-7-3-6-10-19(15)24-20/h3-14,21-22H,1-2H3/t14-,21+,22-/m1/s1. The molecule has 2 aliphatic rings. The average Bonchev–Trinajstić information content (AvgIpc) is 3.16. The van der Waals surface area contributed by atoms with Crippen LogP contribution in [0.4, 0.5) is 0 Å². The van der Waals surface area contributed by atoms with Gasteiger partial charge in [0.15, 0.2) is 0 Å². The number of benzene rings is 2. The number of ether oxygens (including phenoxy) is 1. The molecular formula is C22H20BNO3. The van der Waals surface area contributed by atoms with Gasteiger partial charge in [0.05, 0.1) is 29.5 Å². The van der Waals surface area contributed by atoms with Gasteiger partial charge in [-0.15, -0.1) is 0 Å². The number of methoxy groups -OCH3 is 1. The summed E-state index contributed by atoms with van der Waals surface area (Å²) in [5, 5.41) is 1.12. The second-order valence-electron chi connectivity index (χ2n) is 7.01. The molecule has 134 valence electrons. The normalized spacial score (nSPS) is 21.9. The summed E-state index contributed by atoms with van der Waals surface area (Å²) in [5.41, 5.74) is 5.14. The first-order valence-electron chi connectivity index (χ1n) is 9.25. The van der Waals surface area contributed by atoms with E-state index in [9.17, 15) is 0 Å². The fourth-order valence-electron chi connectivity index (χ4n) is 3.92. The van der Waals surface area contributed by atoms with Crippen LogP contribution >= 0.6 is 0 Å². The Kier molecular flexibility index (Phi) is 4.08. The molecule has 0 bridgehead atoms. The second kappa shape index (κ2) is 6.61. The fraction of sp³-hybridized carbons (Fsp3) is 0.227. The van der Waals surface area contributed by atoms with E-state index >= 15 is 0 Å². The minimum atomic E-state index is -0.420. The fourth-order valence-corrected chi connectivity index (χ4v) is 3.92. The first kappa shape index (κ1) is 16.7. The van der Waals surface area contributed by atoms with Crippen LogP contribution in [-0.4, -0.2) is 25.3 Å². The summed E-state index contributed by atoms with van der Waals surface area (Å²) in [7, 11) is 1.30. The lowest BCUT2D eigenvalue weighted by molar-refractivity contribution is 0.120. The lowest BCUT2D eigenvalue weighted by atomic mass is 9.75. The van der Waals surface area contributed by atoms with Gasteiger partial charge < -0.3 is 14.0 Å². The van der Waals surface area contributed by atoms with Gasteiger partial charge >= 0.3 is 7.12 Å². The summed E-state index contributed by atoms with van der Waals surface area (Å²) < 4.78 is 18.2. The van der Waals surface area contributed by atoms with Crippen LogP contribution in [0, 0.1) is 0 Å². The summed E-state index contributed by atoms with van der Waals surface area (Å²) in [6.07, 6.45) is 3.80. The molecule has 1 aromatic heterocycles. The molecular weight excluding hydrogens is 337 g/mol. The van der Waals surface area contributed by atoms with Crippen LogP contribution in [-0.2, 0) is 14.0 Å². The molecule has 2 aromatic carbocycles. The van der Waals surface area contributed by atoms with Crippen LogP contribution in [0.2, 0.25) is 0 Å². The Hall–Kier alpha value is -2.47. The van der Waals surface area contributed by atoms with Crippen LogP contribution in [0.5, 0.6) is 0 Å². The third kappa shape index (κ3) is 2.79. The van der Waals surface area contributed by atoms with Crippen molar-refractivity contribution in [3.05, 3.63) is 77.5 Å². The predicted octanol–water partition coefficient (Wildman–Crippen LogP) is 3.82. The van der Waals surface area contributed by atoms with Crippen LogP contribution in [0.1, 0.15) is 36.0 Å². The average molecular weight is 357 g/mol. The lowest BCUT2D eigenvalue weighted by Gasteiger charge is -2.22. The maximum Gasteiger partial charge on any atom is 0.495 e. The highest BCUT2D eigenvalue weighted by Crippen LogP contribution is 2.38. The van der Waals surface area contributed by atoms with Gasteiger partial charge in [0, 0.05) is 18.1 Å². The van der Waals surface area contributed by atoms with E-state index in [1.54, 1.807) is 7.11 Å². The van der Waals surface area contributed by atoms with Gasteiger partial charge in [-0.1, -0.05) is 48.5 Å². The van der Waals surface area contributed by atoms with Gasteiger partial charge in [-0.3, -0.25) is 0 Å². The minimum Gasteiger partial charge on any atom is -0.398 e. The van der Waals surface area contributed by atoms with E-state index in [-0.39, 0.29) is 18.3 Å². The van der Waals surface area contributed by atoms with Gasteiger partial charge in [-0.25, -0.2) is 4.98 Å². The molecule has 0 N–H and O–H groups in total. The molecule has 0 amide bonds. The molecule has 0 radical (unpaired) electrons. The van der Waals surface area contributed by atoms with E-state index in [0.29, 0.717) is 0 Å². The van der Waals surface area contributed by atoms with Crippen molar-refractivity contribution in [1.29, 1.82) is 0 Å². The highest BCUT2D eigenvalue weighted by molar-refractivity contribution is 6.62. The van der Waals surface area contributed by atoms with E-state index in [1.165, 1.54) is 0 Å². The van der Waals surface area contributed by atoms with E-state index in [0.717, 1.165) is 33.2 Å². The maximum absolute atomic E-state index is 6.39. The Bertz CT molecular complexity index is 1030. The van der Waals surface area contributed by atoms with Crippen molar-refractivity contribution in [1.82, 2.24) is 4.98 Å². The van der Waals surface area contributed by atoms with E-state index < -0.39 is 7.12 Å². The Balaban J connectivity index is 1.52. The molecule has 2 heterocycles. The van der Waals surface area contributed by atoms with Crippen molar-refractivity contribution in [3.8, 4) is 0 Å². The summed E-state index contributed by atoms with van der Waals surface area (Å²) >= 11 is 0. The Morgan fingerprint density at radius 1 is 1.07 bits per heavy atom. The molecule has 4 nitrogen and oxygen atoms in total. The number of nitrogens with zero attached hydrogens (tertiary/aromatic N) is 1. The summed E-state index contributed by atoms with van der Waals surface area (Å²) in [6, 6.07) is 18.5. The van der Waals surface area contributed by atoms with Crippen LogP contribution < -0.4 is 5.46 Å². The number of pyridine rings is 1. The summed E-state index contributed by atoms with van der Waals surface area (Å²) in [6.45, 7) is 2.03. The number of hydrogen-bond donors (Lipinski definition) is 0. The number of para-hydroxylation sites is 1. The van der Waals surface area contributed by atoms with E-state index in [4.69, 9.17) is 19.0 Å². The molecule has 1 fully saturated rings. The minimum absolute atomic E-state index is 0.0236. The molecule has 5 heteroatoms. The highest BCUT2D eigenvalue weighted by atomic mass is 16.7. The topological polar surface area (TPSA) is 40.6 Å². The maximum atomic E-state index is 6.39. The summed E-state index contributed by atoms with van der Waals surface area (Å²) in [4.78, 5) is 4.79. The van der Waals surface area contributed by atoms with Crippen molar-refractivity contribution in [2.75, 3.05) is 7.11 Å². The van der Waals surface area contributed by atoms with Gasteiger partial charge in [0.25, 0.3) is 0 Å². The van der Waals surface area contributed by atoms with Crippen molar-refractivity contribution in [3.63, 3.8) is 0 Å². The Morgan fingerprint density at radius 3 is 2.78 bits per heavy atom. The van der Waals surface area contributed by atoms with Crippen LogP contribution in [0.15, 0.2) is 60.7 Å². The summed E-state index contributed by atoms with van der Waals surface area (Å²) in [5.74, 6) is 0. The lowest BCUT2D eigenvalue weighted by Crippen LogP contribution is -2.36. The first-order chi connectivity index (χ1) is 13.2. The van der Waals surface area contributed by atoms with Gasteiger partial charge in [0.2, 0.25) is 0 Å². The molecule has 3 aromatic rings. The number of fused-ring (bicyclic) bond motifs is 4. The zero-order chi connectivity index (χ0) is 18.4. The van der Waals surface area contributed by atoms with Gasteiger partial charge in [0.1, 0.15) is 0 Å². The highest BCUT2D eigenvalue weighted by Gasteiger charge is 2.44. The molecule has 5 rings (SSSR count). The van der Waals surface area contributed by atoms with Crippen LogP contribution in [0.3, 0.4) is 0 Å². The number of hydrogen-bond acceptors (Lipinski definition) is 4. The zero-order valence-electron chi connectivity index (χ0n) is 15.3. The zero-order valence-corrected chi connectivity index (χ0v) is 15.3. The molecule has 27 heavy (non-hydrogen) atoms. The third-order valence-electron chi connectivity index (χ3n) is 5.43. The SMILES string of the molecule is CO[C@H](C)c1ccccc1B1O[C@H]2C=Cc3nc4ccccc4cc3[C@H]2O1. The molecule has 1 aliphatic carbocycles. The number of rotatable bonds is 3. The molecule has 3 atom stereocenters. The molecule has 0 unspecified atom stereocenters. The predicted molar refractivity (Wildman–Crippen MR) is 107 cm³/mol. The van der Waals surface area contributed by atoms with Crippen LogP contribution in [0.25, 0.3) is 17.0 Å². The molecule has 0 spiro atoms.